The molecule has 1 atom stereocenters. The number of carbonyl (C=O) groups is 1. The van der Waals surface area contributed by atoms with Crippen molar-refractivity contribution in [3.05, 3.63) is 86.0 Å². The molecule has 1 aliphatic rings. The van der Waals surface area contributed by atoms with Gasteiger partial charge in [-0.15, -0.1) is 11.3 Å². The highest BCUT2D eigenvalue weighted by Crippen LogP contribution is 2.38. The van der Waals surface area contributed by atoms with Crippen LogP contribution >= 0.6 is 34.5 Å². The fourth-order valence-corrected chi connectivity index (χ4v) is 7.48. The van der Waals surface area contributed by atoms with Gasteiger partial charge >= 0.3 is 0 Å². The van der Waals surface area contributed by atoms with Crippen molar-refractivity contribution in [3.63, 3.8) is 0 Å². The van der Waals surface area contributed by atoms with Gasteiger partial charge in [-0.3, -0.25) is 4.79 Å². The Morgan fingerprint density at radius 1 is 1.17 bits per heavy atom. The summed E-state index contributed by atoms with van der Waals surface area (Å²) in [5, 5.41) is 2.36. The molecule has 0 bridgehead atoms. The van der Waals surface area contributed by atoms with Crippen LogP contribution in [0.3, 0.4) is 0 Å². The Hall–Kier alpha value is -1.94. The number of hydrogen-bond acceptors (Lipinski definition) is 5. The van der Waals surface area contributed by atoms with Crippen molar-refractivity contribution in [3.8, 4) is 0 Å². The molecule has 1 aromatic heterocycles. The molecule has 0 N–H and O–H groups in total. The van der Waals surface area contributed by atoms with Crippen molar-refractivity contribution in [2.75, 3.05) is 32.8 Å². The number of rotatable bonds is 10. The van der Waals surface area contributed by atoms with Gasteiger partial charge in [0, 0.05) is 36.2 Å². The Labute approximate surface area is 226 Å². The van der Waals surface area contributed by atoms with Crippen molar-refractivity contribution < 1.29 is 17.9 Å². The van der Waals surface area contributed by atoms with Crippen molar-refractivity contribution in [2.45, 2.75) is 30.7 Å². The number of ether oxygens (including phenoxy) is 1. The zero-order chi connectivity index (χ0) is 25.7. The highest BCUT2D eigenvalue weighted by molar-refractivity contribution is 7.89. The van der Waals surface area contributed by atoms with Crippen LogP contribution in [0.2, 0.25) is 10.0 Å². The van der Waals surface area contributed by atoms with E-state index >= 15 is 0 Å². The maximum absolute atomic E-state index is 13.8. The summed E-state index contributed by atoms with van der Waals surface area (Å²) in [5.74, 6) is -0.265. The monoisotopic (exact) mass is 566 g/mol. The van der Waals surface area contributed by atoms with Gasteiger partial charge in [0.2, 0.25) is 15.9 Å². The van der Waals surface area contributed by atoms with Gasteiger partial charge in [0.05, 0.1) is 17.6 Å². The van der Waals surface area contributed by atoms with E-state index in [0.717, 1.165) is 17.5 Å². The van der Waals surface area contributed by atoms with E-state index in [2.05, 4.69) is 6.07 Å². The highest BCUT2D eigenvalue weighted by atomic mass is 35.5. The van der Waals surface area contributed by atoms with Crippen LogP contribution in [-0.4, -0.2) is 56.4 Å². The van der Waals surface area contributed by atoms with E-state index in [1.165, 1.54) is 27.4 Å². The van der Waals surface area contributed by atoms with Crippen LogP contribution in [0.4, 0.5) is 0 Å². The van der Waals surface area contributed by atoms with Crippen LogP contribution in [0.1, 0.15) is 35.4 Å². The van der Waals surface area contributed by atoms with Gasteiger partial charge in [-0.2, -0.15) is 4.31 Å². The number of thiophene rings is 1. The lowest BCUT2D eigenvalue weighted by atomic mass is 9.93. The number of benzene rings is 2. The third kappa shape index (κ3) is 5.96. The van der Waals surface area contributed by atoms with E-state index in [9.17, 15) is 13.2 Å². The lowest BCUT2D eigenvalue weighted by Gasteiger charge is -2.37. The fourth-order valence-electron chi connectivity index (χ4n) is 4.41. The number of halogens is 2. The number of amides is 1. The van der Waals surface area contributed by atoms with Gasteiger partial charge in [0.25, 0.3) is 0 Å². The second-order valence-electron chi connectivity index (χ2n) is 8.41. The van der Waals surface area contributed by atoms with E-state index < -0.39 is 10.0 Å². The molecule has 0 fully saturated rings. The highest BCUT2D eigenvalue weighted by Gasteiger charge is 2.36. The van der Waals surface area contributed by atoms with E-state index in [-0.39, 0.29) is 40.0 Å². The van der Waals surface area contributed by atoms with Gasteiger partial charge in [-0.1, -0.05) is 53.5 Å². The quantitative estimate of drug-likeness (QED) is 0.297. The summed E-state index contributed by atoms with van der Waals surface area (Å²) in [5.41, 5.74) is 2.09. The third-order valence-electron chi connectivity index (χ3n) is 6.12. The molecule has 10 heteroatoms. The molecule has 0 saturated carbocycles. The minimum Gasteiger partial charge on any atom is -0.382 e. The van der Waals surface area contributed by atoms with Crippen molar-refractivity contribution in [1.29, 1.82) is 0 Å². The summed E-state index contributed by atoms with van der Waals surface area (Å²) >= 11 is 14.0. The molecule has 3 aromatic rings. The molecule has 6 nitrogen and oxygen atoms in total. The number of sulfonamides is 1. The molecule has 0 radical (unpaired) electrons. The number of nitrogens with zero attached hydrogens (tertiary/aromatic N) is 2. The first-order valence-electron chi connectivity index (χ1n) is 11.8. The second-order valence-corrected chi connectivity index (χ2v) is 12.2. The Kier molecular flexibility index (Phi) is 9.09. The van der Waals surface area contributed by atoms with Gasteiger partial charge in [0.15, 0.2) is 0 Å². The zero-order valence-corrected chi connectivity index (χ0v) is 23.0. The molecular weight excluding hydrogens is 539 g/mol. The van der Waals surface area contributed by atoms with Crippen molar-refractivity contribution in [1.82, 2.24) is 9.21 Å². The maximum Gasteiger partial charge on any atom is 0.245 e. The van der Waals surface area contributed by atoms with Crippen LogP contribution in [0, 0.1) is 0 Å². The SMILES string of the molecule is CCOCCCN(CC(=O)N1CCc2sccc2C1c1ccccc1)S(=O)(=O)c1cc(Cl)ccc1Cl. The van der Waals surface area contributed by atoms with Crippen LogP contribution < -0.4 is 0 Å². The van der Waals surface area contributed by atoms with Crippen LogP contribution in [0.25, 0.3) is 0 Å². The summed E-state index contributed by atoms with van der Waals surface area (Å²) < 4.78 is 33.9. The third-order valence-corrected chi connectivity index (χ3v) is 9.68. The predicted molar refractivity (Wildman–Crippen MR) is 144 cm³/mol. The molecule has 1 unspecified atom stereocenters. The van der Waals surface area contributed by atoms with Gasteiger partial charge < -0.3 is 9.64 Å². The molecule has 192 valence electrons. The predicted octanol–water partition coefficient (Wildman–Crippen LogP) is 5.65. The molecular formula is C26H28Cl2N2O4S2. The van der Waals surface area contributed by atoms with Gasteiger partial charge in [0.1, 0.15) is 4.90 Å². The maximum atomic E-state index is 13.8. The van der Waals surface area contributed by atoms with Crippen molar-refractivity contribution in [2.24, 2.45) is 0 Å². The first-order chi connectivity index (χ1) is 17.3. The second kappa shape index (κ2) is 12.1. The van der Waals surface area contributed by atoms with E-state index in [4.69, 9.17) is 27.9 Å². The Morgan fingerprint density at radius 3 is 2.69 bits per heavy atom. The number of fused-ring (bicyclic) bond motifs is 1. The molecule has 4 rings (SSSR count). The molecule has 36 heavy (non-hydrogen) atoms. The lowest BCUT2D eigenvalue weighted by Crippen LogP contribution is -2.47. The van der Waals surface area contributed by atoms with Crippen LogP contribution in [-0.2, 0) is 26.0 Å². The lowest BCUT2D eigenvalue weighted by molar-refractivity contribution is -0.133. The number of hydrogen-bond donors (Lipinski definition) is 0. The summed E-state index contributed by atoms with van der Waals surface area (Å²) in [6.07, 6.45) is 1.18. The molecule has 2 heterocycles. The number of carbonyl (C=O) groups excluding carboxylic acids is 1. The first-order valence-corrected chi connectivity index (χ1v) is 14.8. The summed E-state index contributed by atoms with van der Waals surface area (Å²) in [6, 6.07) is 15.9. The Bertz CT molecular complexity index is 1300. The average molecular weight is 568 g/mol. The van der Waals surface area contributed by atoms with Crippen LogP contribution in [0.5, 0.6) is 0 Å². The van der Waals surface area contributed by atoms with E-state index in [1.54, 1.807) is 16.2 Å². The minimum atomic E-state index is -4.09. The average Bonchev–Trinajstić information content (AvgIpc) is 3.36. The summed E-state index contributed by atoms with van der Waals surface area (Å²) in [6.45, 7) is 3.11. The summed E-state index contributed by atoms with van der Waals surface area (Å²) in [7, 11) is -4.09. The van der Waals surface area contributed by atoms with Gasteiger partial charge in [-0.05, 0) is 60.5 Å². The Morgan fingerprint density at radius 2 is 1.94 bits per heavy atom. The van der Waals surface area contributed by atoms with Gasteiger partial charge in [-0.25, -0.2) is 8.42 Å². The fraction of sp³-hybridized carbons (Fsp3) is 0.346. The standard InChI is InChI=1S/C26H28Cl2N2O4S2/c1-2-34-15-6-13-29(36(32,33)24-17-20(27)9-10-22(24)28)18-25(31)30-14-11-23-21(12-16-35-23)26(30)19-7-4-3-5-8-19/h3-5,7-10,12,16-17,26H,2,6,11,13-15,18H2,1H3. The topological polar surface area (TPSA) is 66.9 Å². The zero-order valence-electron chi connectivity index (χ0n) is 19.9. The van der Waals surface area contributed by atoms with E-state index in [1.807, 2.05) is 42.6 Å². The largest absolute Gasteiger partial charge is 0.382 e. The summed E-state index contributed by atoms with van der Waals surface area (Å²) in [4.78, 5) is 16.7. The molecule has 0 aliphatic carbocycles. The normalized spacial score (nSPS) is 15.8. The van der Waals surface area contributed by atoms with E-state index in [0.29, 0.717) is 26.2 Å². The Balaban J connectivity index is 1.65. The molecule has 2 aromatic carbocycles. The smallest absolute Gasteiger partial charge is 0.245 e. The van der Waals surface area contributed by atoms with Crippen LogP contribution in [0.15, 0.2) is 64.9 Å². The minimum absolute atomic E-state index is 0.0599. The molecule has 0 saturated heterocycles. The molecule has 0 spiro atoms. The first kappa shape index (κ1) is 27.1. The molecule has 1 amide bonds. The molecule has 1 aliphatic heterocycles. The van der Waals surface area contributed by atoms with Crippen molar-refractivity contribution >= 4 is 50.5 Å².